The molecule has 2 fully saturated rings. The molecule has 198 valence electrons. The van der Waals surface area contributed by atoms with Gasteiger partial charge in [0.2, 0.25) is 5.91 Å². The maximum Gasteiger partial charge on any atom is 0.410 e. The summed E-state index contributed by atoms with van der Waals surface area (Å²) in [4.78, 5) is 42.5. The van der Waals surface area contributed by atoms with E-state index in [-0.39, 0.29) is 29.4 Å². The first kappa shape index (κ1) is 26.7. The lowest BCUT2D eigenvalue weighted by atomic mass is 9.87. The SMILES string of the molecule is COC(=O)N1CCNCC1C(=O)N(c1cccc(F)c1)C(C(=O)NC1CC(F)(F)C1)c1ccccc1Cl. The second kappa shape index (κ2) is 11.0. The van der Waals surface area contributed by atoms with Gasteiger partial charge in [-0.25, -0.2) is 18.0 Å². The Labute approximate surface area is 216 Å². The summed E-state index contributed by atoms with van der Waals surface area (Å²) in [5.41, 5.74) is 0.234. The number of nitrogens with zero attached hydrogens (tertiary/aromatic N) is 2. The first-order chi connectivity index (χ1) is 17.6. The van der Waals surface area contributed by atoms with Gasteiger partial charge in [0.15, 0.2) is 0 Å². The Morgan fingerprint density at radius 3 is 2.57 bits per heavy atom. The number of rotatable bonds is 6. The smallest absolute Gasteiger partial charge is 0.410 e. The Balaban J connectivity index is 1.80. The van der Waals surface area contributed by atoms with E-state index in [0.29, 0.717) is 6.54 Å². The van der Waals surface area contributed by atoms with Crippen molar-refractivity contribution < 1.29 is 32.3 Å². The largest absolute Gasteiger partial charge is 0.453 e. The topological polar surface area (TPSA) is 91.0 Å². The van der Waals surface area contributed by atoms with E-state index in [1.807, 2.05) is 0 Å². The number of nitrogens with one attached hydrogen (secondary N) is 2. The minimum absolute atomic E-state index is 0.0272. The average molecular weight is 539 g/mol. The molecule has 1 saturated carbocycles. The Morgan fingerprint density at radius 1 is 1.19 bits per heavy atom. The van der Waals surface area contributed by atoms with E-state index in [9.17, 15) is 27.6 Å². The summed E-state index contributed by atoms with van der Waals surface area (Å²) in [7, 11) is 1.19. The van der Waals surface area contributed by atoms with Crippen LogP contribution in [0.3, 0.4) is 0 Å². The van der Waals surface area contributed by atoms with Crippen LogP contribution < -0.4 is 15.5 Å². The Kier molecular flexibility index (Phi) is 7.93. The van der Waals surface area contributed by atoms with Crippen molar-refractivity contribution in [2.24, 2.45) is 0 Å². The highest BCUT2D eigenvalue weighted by atomic mass is 35.5. The number of alkyl halides is 2. The fraction of sp³-hybridized carbons (Fsp3) is 0.400. The maximum absolute atomic E-state index is 14.4. The van der Waals surface area contributed by atoms with Crippen molar-refractivity contribution in [1.29, 1.82) is 0 Å². The molecule has 37 heavy (non-hydrogen) atoms. The maximum atomic E-state index is 14.4. The van der Waals surface area contributed by atoms with Crippen LogP contribution in [0.15, 0.2) is 48.5 Å². The molecule has 0 radical (unpaired) electrons. The third-order valence-electron chi connectivity index (χ3n) is 6.40. The zero-order chi connectivity index (χ0) is 26.7. The summed E-state index contributed by atoms with van der Waals surface area (Å²) in [6.07, 6.45) is -1.82. The lowest BCUT2D eigenvalue weighted by Gasteiger charge is -2.41. The number of anilines is 1. The van der Waals surface area contributed by atoms with Crippen LogP contribution in [0.2, 0.25) is 5.02 Å². The van der Waals surface area contributed by atoms with Gasteiger partial charge in [-0.1, -0.05) is 35.9 Å². The summed E-state index contributed by atoms with van der Waals surface area (Å²) >= 11 is 6.44. The highest BCUT2D eigenvalue weighted by Crippen LogP contribution is 2.39. The van der Waals surface area contributed by atoms with Gasteiger partial charge >= 0.3 is 6.09 Å². The second-order valence-corrected chi connectivity index (χ2v) is 9.37. The standard InChI is InChI=1S/C25H26ClF3N4O4/c1-37-24(36)32-10-9-30-14-20(32)23(35)33(17-6-4-5-15(27)11-17)21(18-7-2-3-8-19(18)26)22(34)31-16-12-25(28,29)13-16/h2-8,11,16,20-21,30H,9-10,12-14H2,1H3,(H,31,34). The quantitative estimate of drug-likeness (QED) is 0.587. The molecule has 2 atom stereocenters. The predicted octanol–water partition coefficient (Wildman–Crippen LogP) is 3.51. The number of halogens is 4. The zero-order valence-corrected chi connectivity index (χ0v) is 20.7. The number of methoxy groups -OCH3 is 1. The number of hydrogen-bond donors (Lipinski definition) is 2. The van der Waals surface area contributed by atoms with E-state index < -0.39 is 60.6 Å². The average Bonchev–Trinajstić information content (AvgIpc) is 2.85. The summed E-state index contributed by atoms with van der Waals surface area (Å²) in [5.74, 6) is -5.02. The number of benzene rings is 2. The highest BCUT2D eigenvalue weighted by Gasteiger charge is 2.48. The van der Waals surface area contributed by atoms with Crippen LogP contribution in [0, 0.1) is 5.82 Å². The first-order valence-electron chi connectivity index (χ1n) is 11.7. The van der Waals surface area contributed by atoms with Crippen molar-refractivity contribution in [2.75, 3.05) is 31.6 Å². The molecular weight excluding hydrogens is 513 g/mol. The first-order valence-corrected chi connectivity index (χ1v) is 12.1. The molecule has 1 saturated heterocycles. The molecular formula is C25H26ClF3N4O4. The summed E-state index contributed by atoms with van der Waals surface area (Å²) in [6.45, 7) is 0.606. The number of carbonyl (C=O) groups is 3. The van der Waals surface area contributed by atoms with Crippen LogP contribution >= 0.6 is 11.6 Å². The molecule has 0 aromatic heterocycles. The predicted molar refractivity (Wildman–Crippen MR) is 130 cm³/mol. The molecule has 0 bridgehead atoms. The Hall–Kier alpha value is -3.31. The third-order valence-corrected chi connectivity index (χ3v) is 6.75. The van der Waals surface area contributed by atoms with E-state index in [2.05, 4.69) is 10.6 Å². The van der Waals surface area contributed by atoms with Crippen molar-refractivity contribution in [3.8, 4) is 0 Å². The molecule has 8 nitrogen and oxygen atoms in total. The number of hydrogen-bond acceptors (Lipinski definition) is 5. The molecule has 1 aliphatic carbocycles. The van der Waals surface area contributed by atoms with Gasteiger partial charge in [0.05, 0.1) is 7.11 Å². The zero-order valence-electron chi connectivity index (χ0n) is 19.9. The summed E-state index contributed by atoms with van der Waals surface area (Å²) < 4.78 is 46.2. The van der Waals surface area contributed by atoms with E-state index in [1.165, 1.54) is 42.3 Å². The van der Waals surface area contributed by atoms with Gasteiger partial charge in [0, 0.05) is 54.8 Å². The van der Waals surface area contributed by atoms with Crippen molar-refractivity contribution in [2.45, 2.75) is 36.9 Å². The minimum atomic E-state index is -2.88. The number of carbonyl (C=O) groups excluding carboxylic acids is 3. The summed E-state index contributed by atoms with van der Waals surface area (Å²) in [5, 5.41) is 5.76. The number of ether oxygens (including phenoxy) is 1. The van der Waals surface area contributed by atoms with Gasteiger partial charge < -0.3 is 15.4 Å². The number of piperazine rings is 1. The van der Waals surface area contributed by atoms with Gasteiger partial charge in [-0.15, -0.1) is 0 Å². The van der Waals surface area contributed by atoms with Crippen molar-refractivity contribution in [3.63, 3.8) is 0 Å². The van der Waals surface area contributed by atoms with Crippen molar-refractivity contribution >= 4 is 35.2 Å². The van der Waals surface area contributed by atoms with Gasteiger partial charge in [0.25, 0.3) is 11.8 Å². The van der Waals surface area contributed by atoms with Crippen LogP contribution in [0.1, 0.15) is 24.4 Å². The molecule has 1 aliphatic heterocycles. The van der Waals surface area contributed by atoms with Gasteiger partial charge in [-0.3, -0.25) is 19.4 Å². The minimum Gasteiger partial charge on any atom is -0.453 e. The van der Waals surface area contributed by atoms with Crippen LogP contribution in [-0.4, -0.2) is 67.6 Å². The molecule has 2 aromatic carbocycles. The molecule has 0 spiro atoms. The van der Waals surface area contributed by atoms with Gasteiger partial charge in [-0.2, -0.15) is 0 Å². The second-order valence-electron chi connectivity index (χ2n) is 8.97. The van der Waals surface area contributed by atoms with E-state index in [4.69, 9.17) is 16.3 Å². The number of amides is 3. The molecule has 2 aliphatic rings. The molecule has 2 N–H and O–H groups in total. The van der Waals surface area contributed by atoms with Gasteiger partial charge in [0.1, 0.15) is 17.9 Å². The van der Waals surface area contributed by atoms with E-state index >= 15 is 0 Å². The fourth-order valence-electron chi connectivity index (χ4n) is 4.59. The van der Waals surface area contributed by atoms with Crippen LogP contribution in [0.25, 0.3) is 0 Å². The molecule has 2 unspecified atom stereocenters. The lowest BCUT2D eigenvalue weighted by Crippen LogP contribution is -2.62. The monoisotopic (exact) mass is 538 g/mol. The third kappa shape index (κ3) is 5.83. The molecule has 12 heteroatoms. The van der Waals surface area contributed by atoms with E-state index in [0.717, 1.165) is 11.0 Å². The molecule has 3 amide bonds. The summed E-state index contributed by atoms with van der Waals surface area (Å²) in [6, 6.07) is 7.99. The lowest BCUT2D eigenvalue weighted by molar-refractivity contribution is -0.133. The van der Waals surface area contributed by atoms with Crippen molar-refractivity contribution in [1.82, 2.24) is 15.5 Å². The molecule has 1 heterocycles. The molecule has 2 aromatic rings. The van der Waals surface area contributed by atoms with Crippen LogP contribution in [0.4, 0.5) is 23.7 Å². The Morgan fingerprint density at radius 2 is 1.92 bits per heavy atom. The molecule has 4 rings (SSSR count). The Bertz CT molecular complexity index is 1180. The normalized spacial score (nSPS) is 19.9. The van der Waals surface area contributed by atoms with E-state index in [1.54, 1.807) is 12.1 Å². The van der Waals surface area contributed by atoms with Crippen LogP contribution in [-0.2, 0) is 14.3 Å². The van der Waals surface area contributed by atoms with Gasteiger partial charge in [-0.05, 0) is 24.3 Å². The highest BCUT2D eigenvalue weighted by molar-refractivity contribution is 6.31. The fourth-order valence-corrected chi connectivity index (χ4v) is 4.83. The van der Waals surface area contributed by atoms with Crippen LogP contribution in [0.5, 0.6) is 0 Å². The van der Waals surface area contributed by atoms with Crippen molar-refractivity contribution in [3.05, 3.63) is 64.9 Å².